The van der Waals surface area contributed by atoms with Gasteiger partial charge in [-0.15, -0.1) is 0 Å². The highest BCUT2D eigenvalue weighted by Gasteiger charge is 2.72. The highest BCUT2D eigenvalue weighted by atomic mass is 16.5. The zero-order valence-corrected chi connectivity index (χ0v) is 25.2. The molecule has 7 atom stereocenters. The summed E-state index contributed by atoms with van der Waals surface area (Å²) in [5.74, 6) is -1.25. The smallest absolute Gasteiger partial charge is 0.246 e. The average molecular weight is 587 g/mol. The first-order chi connectivity index (χ1) is 20.8. The van der Waals surface area contributed by atoms with Crippen molar-refractivity contribution in [3.63, 3.8) is 0 Å². The Bertz CT molecular complexity index is 1380. The van der Waals surface area contributed by atoms with Crippen LogP contribution in [0.15, 0.2) is 66.7 Å². The Kier molecular flexibility index (Phi) is 8.29. The van der Waals surface area contributed by atoms with Crippen molar-refractivity contribution < 1.29 is 23.9 Å². The summed E-state index contributed by atoms with van der Waals surface area (Å²) < 4.78 is 11.8. The Morgan fingerprint density at radius 1 is 1.09 bits per heavy atom. The molecule has 3 heterocycles. The average Bonchev–Trinajstić information content (AvgIpc) is 3.65. The molecule has 2 N–H and O–H groups in total. The van der Waals surface area contributed by atoms with Crippen molar-refractivity contribution >= 4 is 23.4 Å². The predicted octanol–water partition coefficient (Wildman–Crippen LogP) is 3.61. The van der Waals surface area contributed by atoms with E-state index in [1.165, 1.54) is 12.0 Å². The van der Waals surface area contributed by atoms with Crippen molar-refractivity contribution in [3.05, 3.63) is 72.3 Å². The fourth-order valence-corrected chi connectivity index (χ4v) is 7.48. The summed E-state index contributed by atoms with van der Waals surface area (Å²) in [6.07, 6.45) is 7.39. The molecule has 0 radical (unpaired) electrons. The first-order valence-corrected chi connectivity index (χ1v) is 15.5. The second kappa shape index (κ2) is 12.1. The van der Waals surface area contributed by atoms with Crippen LogP contribution in [-0.4, -0.2) is 78.6 Å². The van der Waals surface area contributed by atoms with Gasteiger partial charge in [0.05, 0.1) is 25.0 Å². The number of rotatable bonds is 10. The molecule has 1 saturated carbocycles. The van der Waals surface area contributed by atoms with Crippen LogP contribution in [0.4, 0.5) is 5.69 Å². The maximum absolute atomic E-state index is 14.3. The molecule has 2 aromatic rings. The molecular weight excluding hydrogens is 544 g/mol. The van der Waals surface area contributed by atoms with Crippen LogP contribution in [0.2, 0.25) is 0 Å². The number of methoxy groups -OCH3 is 1. The van der Waals surface area contributed by atoms with Gasteiger partial charge in [0.15, 0.2) is 0 Å². The van der Waals surface area contributed by atoms with Crippen molar-refractivity contribution in [1.29, 1.82) is 0 Å². The van der Waals surface area contributed by atoms with Crippen molar-refractivity contribution in [2.75, 3.05) is 32.6 Å². The number of hydrogen-bond acceptors (Lipinski definition) is 6. The van der Waals surface area contributed by atoms with Gasteiger partial charge >= 0.3 is 0 Å². The fourth-order valence-electron chi connectivity index (χ4n) is 7.48. The lowest BCUT2D eigenvalue weighted by molar-refractivity contribution is -0.141. The highest BCUT2D eigenvalue weighted by Crippen LogP contribution is 2.55. The lowest BCUT2D eigenvalue weighted by atomic mass is 9.74. The Morgan fingerprint density at radius 2 is 1.88 bits per heavy atom. The van der Waals surface area contributed by atoms with Crippen molar-refractivity contribution in [3.8, 4) is 5.75 Å². The van der Waals surface area contributed by atoms with Crippen LogP contribution in [-0.2, 0) is 25.7 Å². The predicted molar refractivity (Wildman–Crippen MR) is 163 cm³/mol. The Balaban J connectivity index is 1.25. The molecule has 43 heavy (non-hydrogen) atoms. The third-order valence-electron chi connectivity index (χ3n) is 9.72. The van der Waals surface area contributed by atoms with Gasteiger partial charge in [-0.1, -0.05) is 68.3 Å². The number of likely N-dealkylation sites (tertiary alicyclic amines) is 1. The normalized spacial score (nSPS) is 30.9. The first-order valence-electron chi connectivity index (χ1n) is 15.5. The van der Waals surface area contributed by atoms with E-state index in [0.717, 1.165) is 25.8 Å². The number of carbonyl (C=O) groups is 3. The van der Waals surface area contributed by atoms with Gasteiger partial charge in [0.25, 0.3) is 0 Å². The quantitative estimate of drug-likeness (QED) is 0.413. The third kappa shape index (κ3) is 5.56. The maximum Gasteiger partial charge on any atom is 0.246 e. The van der Waals surface area contributed by atoms with Gasteiger partial charge in [0, 0.05) is 37.4 Å². The zero-order valence-electron chi connectivity index (χ0n) is 25.2. The molecule has 0 aromatic heterocycles. The van der Waals surface area contributed by atoms with E-state index in [1.807, 2.05) is 37.4 Å². The van der Waals surface area contributed by atoms with E-state index in [1.54, 1.807) is 36.3 Å². The molecule has 1 aliphatic carbocycles. The summed E-state index contributed by atoms with van der Waals surface area (Å²) in [4.78, 5) is 46.0. The zero-order chi connectivity index (χ0) is 30.1. The van der Waals surface area contributed by atoms with Gasteiger partial charge in [-0.05, 0) is 43.5 Å². The van der Waals surface area contributed by atoms with Crippen LogP contribution in [0.1, 0.15) is 38.2 Å². The lowest BCUT2D eigenvalue weighted by Crippen LogP contribution is -2.58. The maximum atomic E-state index is 14.3. The largest absolute Gasteiger partial charge is 0.497 e. The number of carbonyl (C=O) groups excluding carboxylic acids is 3. The highest BCUT2D eigenvalue weighted by molar-refractivity contribution is 6.02. The molecule has 7 unspecified atom stereocenters. The molecule has 3 aliphatic heterocycles. The van der Waals surface area contributed by atoms with Gasteiger partial charge in [-0.25, -0.2) is 0 Å². The molecule has 1 spiro atoms. The minimum Gasteiger partial charge on any atom is -0.497 e. The van der Waals surface area contributed by atoms with Gasteiger partial charge in [0.2, 0.25) is 17.7 Å². The second-order valence-electron chi connectivity index (χ2n) is 12.6. The van der Waals surface area contributed by atoms with Crippen molar-refractivity contribution in [2.45, 2.75) is 62.9 Å². The number of nitrogens with one attached hydrogen (secondary N) is 2. The summed E-state index contributed by atoms with van der Waals surface area (Å²) >= 11 is 0. The van der Waals surface area contributed by atoms with E-state index in [4.69, 9.17) is 9.47 Å². The van der Waals surface area contributed by atoms with Gasteiger partial charge in [0.1, 0.15) is 17.4 Å². The van der Waals surface area contributed by atoms with E-state index in [-0.39, 0.29) is 23.8 Å². The van der Waals surface area contributed by atoms with Crippen LogP contribution < -0.4 is 15.4 Å². The van der Waals surface area contributed by atoms with Gasteiger partial charge < -0.3 is 29.9 Å². The summed E-state index contributed by atoms with van der Waals surface area (Å²) in [6, 6.07) is 16.5. The summed E-state index contributed by atoms with van der Waals surface area (Å²) in [5.41, 5.74) is 0.571. The van der Waals surface area contributed by atoms with E-state index in [0.29, 0.717) is 30.4 Å². The molecule has 3 amide bonds. The van der Waals surface area contributed by atoms with E-state index < -0.39 is 29.6 Å². The lowest BCUT2D eigenvalue weighted by Gasteiger charge is -2.36. The molecule has 228 valence electrons. The molecular formula is C34H42N4O5. The minimum atomic E-state index is -1.18. The number of hydrogen-bond donors (Lipinski definition) is 2. The van der Waals surface area contributed by atoms with Crippen molar-refractivity contribution in [1.82, 2.24) is 15.1 Å². The molecule has 2 saturated heterocycles. The standard InChI is InChI=1S/C34H42N4O5/c1-22-10-7-8-15-26(22)36-32(40)30-34-17-16-27(43-34)28(31(39)35-24-13-9-14-25(20-24)42-3)29(34)33(41)38(30)19-18-37(2)21-23-11-5-4-6-12-23/h4-6,9,11-14,16-17,20,22,26-30H,7-8,10,15,18-19,21H2,1-3H3,(H,35,39)(H,36,40). The van der Waals surface area contributed by atoms with E-state index in [9.17, 15) is 14.4 Å². The van der Waals surface area contributed by atoms with Gasteiger partial charge in [-0.2, -0.15) is 0 Å². The Labute approximate surface area is 253 Å². The van der Waals surface area contributed by atoms with Crippen LogP contribution >= 0.6 is 0 Å². The number of fused-ring (bicyclic) bond motifs is 1. The number of ether oxygens (including phenoxy) is 2. The number of amides is 3. The third-order valence-corrected chi connectivity index (χ3v) is 9.72. The fraction of sp³-hybridized carbons (Fsp3) is 0.500. The Morgan fingerprint density at radius 3 is 2.65 bits per heavy atom. The van der Waals surface area contributed by atoms with Crippen LogP contribution in [0.5, 0.6) is 5.75 Å². The number of likely N-dealkylation sites (N-methyl/N-ethyl adjacent to an activating group) is 1. The second-order valence-corrected chi connectivity index (χ2v) is 12.6. The summed E-state index contributed by atoms with van der Waals surface area (Å²) in [7, 11) is 3.58. The molecule has 2 bridgehead atoms. The molecule has 4 aliphatic rings. The van der Waals surface area contributed by atoms with E-state index in [2.05, 4.69) is 34.6 Å². The topological polar surface area (TPSA) is 100 Å². The SMILES string of the molecule is COc1cccc(NC(=O)C2C3C=CC4(O3)C2C(=O)N(CCN(C)Cc2ccccc2)C4C(=O)NC2CCCCC2C)c1. The number of anilines is 1. The molecule has 9 nitrogen and oxygen atoms in total. The van der Waals surface area contributed by atoms with Gasteiger partial charge in [-0.3, -0.25) is 14.4 Å². The van der Waals surface area contributed by atoms with Crippen LogP contribution in [0, 0.1) is 17.8 Å². The molecule has 9 heteroatoms. The Hall–Kier alpha value is -3.69. The van der Waals surface area contributed by atoms with Crippen LogP contribution in [0.25, 0.3) is 0 Å². The molecule has 2 aromatic carbocycles. The number of nitrogens with zero attached hydrogens (tertiary/aromatic N) is 2. The molecule has 6 rings (SSSR count). The monoisotopic (exact) mass is 586 g/mol. The first kappa shape index (κ1) is 29.4. The van der Waals surface area contributed by atoms with E-state index >= 15 is 0 Å². The minimum absolute atomic E-state index is 0.0594. The van der Waals surface area contributed by atoms with Crippen LogP contribution in [0.3, 0.4) is 0 Å². The summed E-state index contributed by atoms with van der Waals surface area (Å²) in [6.45, 7) is 3.82. The number of benzene rings is 2. The summed E-state index contributed by atoms with van der Waals surface area (Å²) in [5, 5.41) is 6.27. The van der Waals surface area contributed by atoms with Crippen molar-refractivity contribution in [2.24, 2.45) is 17.8 Å². The molecule has 3 fully saturated rings.